The first-order valence-corrected chi connectivity index (χ1v) is 6.22. The summed E-state index contributed by atoms with van der Waals surface area (Å²) >= 11 is 4.85. The van der Waals surface area contributed by atoms with Gasteiger partial charge in [-0.2, -0.15) is 5.26 Å². The lowest BCUT2D eigenvalue weighted by Crippen LogP contribution is -2.13. The van der Waals surface area contributed by atoms with Crippen molar-refractivity contribution in [2.45, 2.75) is 0 Å². The Labute approximate surface area is 121 Å². The summed E-state index contributed by atoms with van der Waals surface area (Å²) in [6.07, 6.45) is 0. The first-order valence-electron chi connectivity index (χ1n) is 5.81. The molecule has 0 spiro atoms. The zero-order chi connectivity index (χ0) is 14.5. The normalized spacial score (nSPS) is 9.55. The number of rotatable bonds is 3. The van der Waals surface area contributed by atoms with Crippen LogP contribution in [0.3, 0.4) is 0 Å². The van der Waals surface area contributed by atoms with E-state index in [0.29, 0.717) is 27.4 Å². The molecule has 0 heterocycles. The number of hydrogen-bond donors (Lipinski definition) is 2. The Balaban J connectivity index is 2.15. The van der Waals surface area contributed by atoms with Crippen LogP contribution in [0.15, 0.2) is 48.5 Å². The van der Waals surface area contributed by atoms with Crippen LogP contribution in [0.25, 0.3) is 0 Å². The van der Waals surface area contributed by atoms with Crippen LogP contribution in [0.2, 0.25) is 0 Å². The maximum Gasteiger partial charge on any atom is 0.255 e. The number of carbonyl (C=O) groups excluding carboxylic acids is 1. The lowest BCUT2D eigenvalue weighted by atomic mass is 10.1. The highest BCUT2D eigenvalue weighted by molar-refractivity contribution is 7.80. The van der Waals surface area contributed by atoms with Crippen molar-refractivity contribution < 1.29 is 4.79 Å². The molecule has 0 atom stereocenters. The number of nitriles is 1. The lowest BCUT2D eigenvalue weighted by Gasteiger charge is -2.06. The van der Waals surface area contributed by atoms with E-state index in [4.69, 9.17) is 23.2 Å². The smallest absolute Gasteiger partial charge is 0.255 e. The van der Waals surface area contributed by atoms with Crippen LogP contribution < -0.4 is 11.1 Å². The van der Waals surface area contributed by atoms with E-state index in [1.54, 1.807) is 48.5 Å². The van der Waals surface area contributed by atoms with Gasteiger partial charge in [0.15, 0.2) is 0 Å². The Kier molecular flexibility index (Phi) is 4.08. The lowest BCUT2D eigenvalue weighted by molar-refractivity contribution is 0.102. The van der Waals surface area contributed by atoms with E-state index >= 15 is 0 Å². The molecule has 0 aliphatic rings. The molecule has 5 heteroatoms. The molecule has 2 aromatic carbocycles. The zero-order valence-electron chi connectivity index (χ0n) is 10.5. The molecular formula is C15H11N3OS. The van der Waals surface area contributed by atoms with E-state index in [-0.39, 0.29) is 5.91 Å². The minimum atomic E-state index is -0.255. The van der Waals surface area contributed by atoms with Gasteiger partial charge in [0.2, 0.25) is 0 Å². The molecule has 20 heavy (non-hydrogen) atoms. The van der Waals surface area contributed by atoms with Crippen LogP contribution in [0.4, 0.5) is 5.69 Å². The van der Waals surface area contributed by atoms with Crippen molar-refractivity contribution in [3.8, 4) is 6.07 Å². The quantitative estimate of drug-likeness (QED) is 0.847. The number of thiocarbonyl (C=S) groups is 1. The molecule has 0 radical (unpaired) electrons. The highest BCUT2D eigenvalue weighted by Gasteiger charge is 2.07. The van der Waals surface area contributed by atoms with Gasteiger partial charge in [0.1, 0.15) is 4.99 Å². The molecule has 0 aromatic heterocycles. The van der Waals surface area contributed by atoms with E-state index < -0.39 is 0 Å². The summed E-state index contributed by atoms with van der Waals surface area (Å²) < 4.78 is 0. The first-order chi connectivity index (χ1) is 9.60. The number of anilines is 1. The molecule has 1 amide bonds. The summed E-state index contributed by atoms with van der Waals surface area (Å²) in [6, 6.07) is 15.4. The molecule has 0 unspecified atom stereocenters. The molecule has 0 aliphatic heterocycles. The standard InChI is InChI=1S/C15H11N3OS/c16-9-10-2-1-3-13(8-10)18-15(19)12-6-4-11(5-7-12)14(17)20/h1-8H,(H2,17,20)(H,18,19). The minimum absolute atomic E-state index is 0.255. The molecule has 4 nitrogen and oxygen atoms in total. The van der Waals surface area contributed by atoms with E-state index in [2.05, 4.69) is 5.32 Å². The summed E-state index contributed by atoms with van der Waals surface area (Å²) in [7, 11) is 0. The molecule has 98 valence electrons. The molecule has 0 aliphatic carbocycles. The van der Waals surface area contributed by atoms with Gasteiger partial charge in [-0.3, -0.25) is 4.79 Å². The predicted molar refractivity (Wildman–Crippen MR) is 81.4 cm³/mol. The number of nitrogens with one attached hydrogen (secondary N) is 1. The summed E-state index contributed by atoms with van der Waals surface area (Å²) in [4.78, 5) is 12.3. The minimum Gasteiger partial charge on any atom is -0.389 e. The second kappa shape index (κ2) is 5.95. The predicted octanol–water partition coefficient (Wildman–Crippen LogP) is 2.44. The molecule has 0 saturated heterocycles. The monoisotopic (exact) mass is 281 g/mol. The van der Waals surface area contributed by atoms with Gasteiger partial charge in [-0.15, -0.1) is 0 Å². The molecule has 0 saturated carbocycles. The summed E-state index contributed by atoms with van der Waals surface area (Å²) in [5, 5.41) is 11.5. The van der Waals surface area contributed by atoms with Crippen LogP contribution in [0.5, 0.6) is 0 Å². The zero-order valence-corrected chi connectivity index (χ0v) is 11.3. The van der Waals surface area contributed by atoms with E-state index in [9.17, 15) is 4.79 Å². The van der Waals surface area contributed by atoms with Crippen molar-refractivity contribution in [3.63, 3.8) is 0 Å². The fourth-order valence-corrected chi connectivity index (χ4v) is 1.79. The topological polar surface area (TPSA) is 78.9 Å². The third kappa shape index (κ3) is 3.19. The molecule has 3 N–H and O–H groups in total. The maximum atomic E-state index is 12.0. The third-order valence-corrected chi connectivity index (χ3v) is 2.92. The second-order valence-corrected chi connectivity index (χ2v) is 4.53. The van der Waals surface area contributed by atoms with Gasteiger partial charge in [0.25, 0.3) is 5.91 Å². The molecule has 2 rings (SSSR count). The second-order valence-electron chi connectivity index (χ2n) is 4.09. The highest BCUT2D eigenvalue weighted by Crippen LogP contribution is 2.12. The average molecular weight is 281 g/mol. The van der Waals surface area contributed by atoms with Crippen LogP contribution in [-0.2, 0) is 0 Å². The van der Waals surface area contributed by atoms with Gasteiger partial charge in [0.05, 0.1) is 11.6 Å². The van der Waals surface area contributed by atoms with Crippen LogP contribution in [0.1, 0.15) is 21.5 Å². The van der Waals surface area contributed by atoms with Crippen molar-refractivity contribution in [1.82, 2.24) is 0 Å². The number of nitrogens with two attached hydrogens (primary N) is 1. The Morgan fingerprint density at radius 3 is 2.40 bits per heavy atom. The number of hydrogen-bond acceptors (Lipinski definition) is 3. The van der Waals surface area contributed by atoms with Crippen molar-refractivity contribution in [2.24, 2.45) is 5.73 Å². The van der Waals surface area contributed by atoms with Crippen molar-refractivity contribution in [2.75, 3.05) is 5.32 Å². The number of nitrogens with zero attached hydrogens (tertiary/aromatic N) is 1. The van der Waals surface area contributed by atoms with Gasteiger partial charge >= 0.3 is 0 Å². The van der Waals surface area contributed by atoms with E-state index in [1.165, 1.54) is 0 Å². The fourth-order valence-electron chi connectivity index (χ4n) is 1.66. The Hall–Kier alpha value is -2.71. The fraction of sp³-hybridized carbons (Fsp3) is 0. The number of carbonyl (C=O) groups is 1. The van der Waals surface area contributed by atoms with Crippen molar-refractivity contribution in [1.29, 1.82) is 5.26 Å². The van der Waals surface area contributed by atoms with Crippen LogP contribution in [0, 0.1) is 11.3 Å². The summed E-state index contributed by atoms with van der Waals surface area (Å²) in [5.41, 5.74) is 7.77. The Morgan fingerprint density at radius 1 is 1.15 bits per heavy atom. The van der Waals surface area contributed by atoms with Crippen LogP contribution in [-0.4, -0.2) is 10.9 Å². The largest absolute Gasteiger partial charge is 0.389 e. The molecular weight excluding hydrogens is 270 g/mol. The first kappa shape index (κ1) is 13.7. The maximum absolute atomic E-state index is 12.0. The van der Waals surface area contributed by atoms with Gasteiger partial charge in [-0.25, -0.2) is 0 Å². The summed E-state index contributed by atoms with van der Waals surface area (Å²) in [5.74, 6) is -0.255. The molecule has 0 fully saturated rings. The molecule has 0 bridgehead atoms. The third-order valence-electron chi connectivity index (χ3n) is 2.68. The van der Waals surface area contributed by atoms with Crippen LogP contribution >= 0.6 is 12.2 Å². The SMILES string of the molecule is N#Cc1cccc(NC(=O)c2ccc(C(N)=S)cc2)c1. The average Bonchev–Trinajstić information content (AvgIpc) is 2.47. The van der Waals surface area contributed by atoms with Crippen molar-refractivity contribution in [3.05, 3.63) is 65.2 Å². The molecule has 2 aromatic rings. The number of amides is 1. The number of benzene rings is 2. The van der Waals surface area contributed by atoms with Gasteiger partial charge in [-0.1, -0.05) is 30.4 Å². The summed E-state index contributed by atoms with van der Waals surface area (Å²) in [6.45, 7) is 0. The van der Waals surface area contributed by atoms with Gasteiger partial charge < -0.3 is 11.1 Å². The van der Waals surface area contributed by atoms with Gasteiger partial charge in [-0.05, 0) is 30.3 Å². The highest BCUT2D eigenvalue weighted by atomic mass is 32.1. The Morgan fingerprint density at radius 2 is 1.80 bits per heavy atom. The Bertz CT molecular complexity index is 702. The van der Waals surface area contributed by atoms with Gasteiger partial charge in [0, 0.05) is 16.8 Å². The van der Waals surface area contributed by atoms with E-state index in [0.717, 1.165) is 0 Å². The van der Waals surface area contributed by atoms with E-state index in [1.807, 2.05) is 6.07 Å². The van der Waals surface area contributed by atoms with Crippen molar-refractivity contribution >= 4 is 28.8 Å².